The number of esters is 1. The van der Waals surface area contributed by atoms with Crippen LogP contribution in [0.25, 0.3) is 6.08 Å². The summed E-state index contributed by atoms with van der Waals surface area (Å²) in [7, 11) is 0. The summed E-state index contributed by atoms with van der Waals surface area (Å²) < 4.78 is 11.7. The Morgan fingerprint density at radius 1 is 1.23 bits per heavy atom. The Kier molecular flexibility index (Phi) is 8.73. The molecule has 1 aromatic rings. The first kappa shape index (κ1) is 27.7. The Balaban J connectivity index is 1.86. The van der Waals surface area contributed by atoms with E-state index >= 15 is 0 Å². The van der Waals surface area contributed by atoms with E-state index < -0.39 is 35.6 Å². The summed E-state index contributed by atoms with van der Waals surface area (Å²) in [5.74, 6) is -1.51. The maximum Gasteiger partial charge on any atom is 0.309 e. The molecule has 1 saturated heterocycles. The molecule has 0 saturated carbocycles. The lowest BCUT2D eigenvalue weighted by molar-refractivity contribution is -0.153. The fourth-order valence-corrected chi connectivity index (χ4v) is 5.28. The SMILES string of the molecule is CC[C@H]1C(=O)C(C)(C)[C@@H](O)CC(=O)O[C@H](C=Cc2csc(C)n2)C[C@@H]2O[C@]2(C)CC/C=C(\C)[C@@H]1O. The lowest BCUT2D eigenvalue weighted by Gasteiger charge is -2.34. The molecule has 0 bridgehead atoms. The molecule has 0 aromatic carbocycles. The number of hydrogen-bond acceptors (Lipinski definition) is 8. The van der Waals surface area contributed by atoms with Crippen LogP contribution >= 0.6 is 11.3 Å². The molecule has 194 valence electrons. The van der Waals surface area contributed by atoms with Crippen molar-refractivity contribution in [3.05, 3.63) is 33.8 Å². The zero-order valence-electron chi connectivity index (χ0n) is 21.6. The number of rotatable bonds is 3. The van der Waals surface area contributed by atoms with Crippen LogP contribution in [-0.4, -0.2) is 57.0 Å². The van der Waals surface area contributed by atoms with Gasteiger partial charge < -0.3 is 19.7 Å². The number of aromatic nitrogens is 1. The lowest BCUT2D eigenvalue weighted by Crippen LogP contribution is -2.45. The molecule has 6 atom stereocenters. The van der Waals surface area contributed by atoms with Gasteiger partial charge in [-0.2, -0.15) is 0 Å². The van der Waals surface area contributed by atoms with Crippen LogP contribution in [0.5, 0.6) is 0 Å². The summed E-state index contributed by atoms with van der Waals surface area (Å²) in [6.45, 7) is 10.9. The molecule has 0 aliphatic carbocycles. The molecule has 2 aliphatic rings. The van der Waals surface area contributed by atoms with E-state index in [0.29, 0.717) is 19.3 Å². The number of ketones is 1. The number of ether oxygens (including phenoxy) is 2. The first-order chi connectivity index (χ1) is 16.4. The highest BCUT2D eigenvalue weighted by Gasteiger charge is 2.52. The van der Waals surface area contributed by atoms with Crippen molar-refractivity contribution in [1.82, 2.24) is 4.98 Å². The standard InChI is InChI=1S/C27H39NO6S/c1-7-20-24(31)16(2)9-8-12-27(6)22(34-27)13-19(11-10-18-15-35-17(3)28-18)33-23(30)14-21(29)26(4,5)25(20)32/h9-11,15,19-22,24,29,31H,7-8,12-14H2,1-6H3/b11-10?,16-9+/t19-,20-,21+,22+,24+,27-/m1/s1. The zero-order chi connectivity index (χ0) is 26.0. The maximum absolute atomic E-state index is 13.4. The van der Waals surface area contributed by atoms with E-state index in [4.69, 9.17) is 9.47 Å². The number of nitrogens with zero attached hydrogens (tertiary/aromatic N) is 1. The topological polar surface area (TPSA) is 109 Å². The number of Topliss-reactive ketones (excluding diaryl/α,β-unsaturated/α-hetero) is 1. The van der Waals surface area contributed by atoms with E-state index in [2.05, 4.69) is 4.98 Å². The molecular weight excluding hydrogens is 466 g/mol. The smallest absolute Gasteiger partial charge is 0.309 e. The molecule has 2 aliphatic heterocycles. The van der Waals surface area contributed by atoms with Gasteiger partial charge in [-0.3, -0.25) is 9.59 Å². The molecule has 2 N–H and O–H groups in total. The average Bonchev–Trinajstić information content (AvgIpc) is 3.21. The molecule has 0 unspecified atom stereocenters. The monoisotopic (exact) mass is 505 g/mol. The van der Waals surface area contributed by atoms with Crippen molar-refractivity contribution < 1.29 is 29.3 Å². The van der Waals surface area contributed by atoms with Crippen LogP contribution in [0, 0.1) is 18.3 Å². The van der Waals surface area contributed by atoms with E-state index in [-0.39, 0.29) is 23.9 Å². The Morgan fingerprint density at radius 2 is 1.94 bits per heavy atom. The number of fused-ring (bicyclic) bond motifs is 1. The fraction of sp³-hybridized carbons (Fsp3) is 0.667. The van der Waals surface area contributed by atoms with Gasteiger partial charge in [-0.15, -0.1) is 11.3 Å². The highest BCUT2D eigenvalue weighted by Crippen LogP contribution is 2.44. The van der Waals surface area contributed by atoms with Gasteiger partial charge in [0.2, 0.25) is 0 Å². The second-order valence-electron chi connectivity index (χ2n) is 10.6. The number of carbonyl (C=O) groups is 2. The number of hydrogen-bond donors (Lipinski definition) is 2. The van der Waals surface area contributed by atoms with Crippen LogP contribution in [-0.2, 0) is 19.1 Å². The molecule has 35 heavy (non-hydrogen) atoms. The number of carbonyl (C=O) groups excluding carboxylic acids is 2. The Hall–Kier alpha value is -1.87. The summed E-state index contributed by atoms with van der Waals surface area (Å²) in [6.07, 6.45) is 4.89. The van der Waals surface area contributed by atoms with Crippen molar-refractivity contribution in [1.29, 1.82) is 0 Å². The average molecular weight is 506 g/mol. The molecule has 8 heteroatoms. The molecular formula is C27H39NO6S. The first-order valence-electron chi connectivity index (χ1n) is 12.4. The number of aliphatic hydroxyl groups excluding tert-OH is 2. The third kappa shape index (κ3) is 6.67. The molecule has 7 nitrogen and oxygen atoms in total. The van der Waals surface area contributed by atoms with Crippen molar-refractivity contribution in [2.75, 3.05) is 0 Å². The molecule has 0 spiro atoms. The first-order valence-corrected chi connectivity index (χ1v) is 13.3. The lowest BCUT2D eigenvalue weighted by atomic mass is 9.72. The van der Waals surface area contributed by atoms with Gasteiger partial charge >= 0.3 is 5.97 Å². The van der Waals surface area contributed by atoms with Gasteiger partial charge in [0, 0.05) is 17.7 Å². The van der Waals surface area contributed by atoms with Gasteiger partial charge in [0.05, 0.1) is 46.5 Å². The molecule has 0 radical (unpaired) electrons. The Morgan fingerprint density at radius 3 is 2.57 bits per heavy atom. The molecule has 3 heterocycles. The molecule has 3 rings (SSSR count). The minimum Gasteiger partial charge on any atom is -0.458 e. The third-order valence-corrected chi connectivity index (χ3v) is 8.23. The summed E-state index contributed by atoms with van der Waals surface area (Å²) in [6, 6.07) is 0. The van der Waals surface area contributed by atoms with Crippen molar-refractivity contribution in [2.45, 2.75) is 104 Å². The second-order valence-corrected chi connectivity index (χ2v) is 11.6. The van der Waals surface area contributed by atoms with Gasteiger partial charge in [0.15, 0.2) is 0 Å². The van der Waals surface area contributed by atoms with Crippen molar-refractivity contribution in [2.24, 2.45) is 11.3 Å². The van der Waals surface area contributed by atoms with Gasteiger partial charge in [-0.1, -0.05) is 26.8 Å². The largest absolute Gasteiger partial charge is 0.458 e. The Bertz CT molecular complexity index is 982. The predicted octanol–water partition coefficient (Wildman–Crippen LogP) is 4.40. The summed E-state index contributed by atoms with van der Waals surface area (Å²) in [5, 5.41) is 24.7. The van der Waals surface area contributed by atoms with E-state index in [1.54, 1.807) is 25.2 Å². The molecule has 1 fully saturated rings. The van der Waals surface area contributed by atoms with Crippen LogP contribution < -0.4 is 0 Å². The van der Waals surface area contributed by atoms with E-state index in [1.165, 1.54) is 0 Å². The summed E-state index contributed by atoms with van der Waals surface area (Å²) in [5.41, 5.74) is -0.0239. The van der Waals surface area contributed by atoms with Crippen LogP contribution in [0.1, 0.15) is 77.4 Å². The van der Waals surface area contributed by atoms with Crippen LogP contribution in [0.15, 0.2) is 23.1 Å². The van der Waals surface area contributed by atoms with E-state index in [9.17, 15) is 19.8 Å². The van der Waals surface area contributed by atoms with Crippen LogP contribution in [0.4, 0.5) is 0 Å². The van der Waals surface area contributed by atoms with Crippen molar-refractivity contribution >= 4 is 29.2 Å². The quantitative estimate of drug-likeness (QED) is 0.356. The second kappa shape index (κ2) is 11.0. The minimum atomic E-state index is -1.24. The summed E-state index contributed by atoms with van der Waals surface area (Å²) >= 11 is 1.55. The zero-order valence-corrected chi connectivity index (χ0v) is 22.4. The van der Waals surface area contributed by atoms with Gasteiger partial charge in [-0.05, 0) is 57.8 Å². The number of cyclic esters (lactones) is 1. The number of allylic oxidation sites excluding steroid dienone is 1. The third-order valence-electron chi connectivity index (χ3n) is 7.44. The number of thiazole rings is 1. The molecule has 1 aromatic heterocycles. The number of aryl methyl sites for hydroxylation is 1. The summed E-state index contributed by atoms with van der Waals surface area (Å²) in [4.78, 5) is 30.6. The van der Waals surface area contributed by atoms with Crippen LogP contribution in [0.3, 0.4) is 0 Å². The normalized spacial score (nSPS) is 36.3. The van der Waals surface area contributed by atoms with E-state index in [1.807, 2.05) is 51.3 Å². The van der Waals surface area contributed by atoms with E-state index in [0.717, 1.165) is 22.7 Å². The predicted molar refractivity (Wildman–Crippen MR) is 136 cm³/mol. The van der Waals surface area contributed by atoms with Gasteiger partial charge in [-0.25, -0.2) is 4.98 Å². The number of aliphatic hydroxyl groups is 2. The minimum absolute atomic E-state index is 0.0695. The van der Waals surface area contributed by atoms with Crippen molar-refractivity contribution in [3.63, 3.8) is 0 Å². The Labute approximate surface area is 212 Å². The highest BCUT2D eigenvalue weighted by molar-refractivity contribution is 7.09. The van der Waals surface area contributed by atoms with Crippen LogP contribution in [0.2, 0.25) is 0 Å². The van der Waals surface area contributed by atoms with Crippen molar-refractivity contribution in [3.8, 4) is 0 Å². The van der Waals surface area contributed by atoms with Gasteiger partial charge in [0.1, 0.15) is 11.9 Å². The highest BCUT2D eigenvalue weighted by atomic mass is 32.1. The maximum atomic E-state index is 13.4. The van der Waals surface area contributed by atoms with Gasteiger partial charge in [0.25, 0.3) is 0 Å². The molecule has 0 amide bonds. The fourth-order valence-electron chi connectivity index (χ4n) is 4.70. The number of epoxide rings is 1.